The molecule has 0 heterocycles. The van der Waals surface area contributed by atoms with Crippen molar-refractivity contribution in [3.63, 3.8) is 0 Å². The van der Waals surface area contributed by atoms with Gasteiger partial charge in [-0.05, 0) is 31.8 Å². The molecule has 15 heavy (non-hydrogen) atoms. The normalized spacial score (nSPS) is 18.1. The summed E-state index contributed by atoms with van der Waals surface area (Å²) in [6.45, 7) is 7.77. The van der Waals surface area contributed by atoms with Gasteiger partial charge in [0.2, 0.25) is 5.91 Å². The number of likely N-dealkylation sites (N-methyl/N-ethyl adjacent to an activating group) is 2. The number of nitrogens with two attached hydrogens (primary N) is 1. The quantitative estimate of drug-likeness (QED) is 0.605. The Hall–Kier alpha value is -0.610. The average molecular weight is 213 g/mol. The van der Waals surface area contributed by atoms with Gasteiger partial charge in [-0.3, -0.25) is 4.79 Å². The van der Waals surface area contributed by atoms with Crippen molar-refractivity contribution in [2.75, 3.05) is 26.2 Å². The molecule has 1 unspecified atom stereocenters. The van der Waals surface area contributed by atoms with Crippen molar-refractivity contribution < 1.29 is 4.79 Å². The number of amides is 1. The molecule has 3 N–H and O–H groups in total. The first-order valence-electron chi connectivity index (χ1n) is 5.92. The molecule has 1 rings (SSSR count). The highest BCUT2D eigenvalue weighted by molar-refractivity contribution is 5.80. The first kappa shape index (κ1) is 12.5. The number of primary amides is 1. The van der Waals surface area contributed by atoms with Crippen LogP contribution >= 0.6 is 0 Å². The van der Waals surface area contributed by atoms with Gasteiger partial charge in [-0.25, -0.2) is 0 Å². The largest absolute Gasteiger partial charge is 0.368 e. The van der Waals surface area contributed by atoms with E-state index in [9.17, 15) is 4.79 Å². The molecule has 4 heteroatoms. The Balaban J connectivity index is 2.34. The van der Waals surface area contributed by atoms with Crippen LogP contribution in [0.15, 0.2) is 0 Å². The lowest BCUT2D eigenvalue weighted by atomic mass is 10.2. The molecule has 1 aliphatic carbocycles. The van der Waals surface area contributed by atoms with E-state index in [0.717, 1.165) is 32.1 Å². The van der Waals surface area contributed by atoms with E-state index in [1.54, 1.807) is 0 Å². The molecule has 1 aliphatic rings. The predicted molar refractivity (Wildman–Crippen MR) is 61.5 cm³/mol. The third-order valence-electron chi connectivity index (χ3n) is 2.90. The highest BCUT2D eigenvalue weighted by Gasteiger charge is 2.25. The van der Waals surface area contributed by atoms with Gasteiger partial charge in [0.05, 0.1) is 6.04 Å². The number of carbonyl (C=O) groups excluding carboxylic acids is 1. The van der Waals surface area contributed by atoms with Crippen molar-refractivity contribution in [1.82, 2.24) is 10.2 Å². The molecule has 88 valence electrons. The second-order valence-electron chi connectivity index (χ2n) is 4.31. The highest BCUT2D eigenvalue weighted by atomic mass is 16.1. The molecule has 1 amide bonds. The maximum atomic E-state index is 11.2. The highest BCUT2D eigenvalue weighted by Crippen LogP contribution is 2.29. The Morgan fingerprint density at radius 3 is 2.60 bits per heavy atom. The maximum absolute atomic E-state index is 11.2. The van der Waals surface area contributed by atoms with E-state index in [-0.39, 0.29) is 11.9 Å². The summed E-state index contributed by atoms with van der Waals surface area (Å²) in [6, 6.07) is -0.200. The van der Waals surface area contributed by atoms with Crippen molar-refractivity contribution in [2.24, 2.45) is 11.7 Å². The van der Waals surface area contributed by atoms with Crippen LogP contribution in [0.25, 0.3) is 0 Å². The van der Waals surface area contributed by atoms with E-state index < -0.39 is 0 Å². The Morgan fingerprint density at radius 2 is 2.20 bits per heavy atom. The fraction of sp³-hybridized carbons (Fsp3) is 0.909. The third-order valence-corrected chi connectivity index (χ3v) is 2.90. The van der Waals surface area contributed by atoms with E-state index in [1.807, 2.05) is 6.92 Å². The third kappa shape index (κ3) is 4.62. The Labute approximate surface area is 92.2 Å². The first-order chi connectivity index (χ1) is 7.17. The van der Waals surface area contributed by atoms with Gasteiger partial charge >= 0.3 is 0 Å². The molecule has 4 nitrogen and oxygen atoms in total. The summed E-state index contributed by atoms with van der Waals surface area (Å²) in [7, 11) is 0. The first-order valence-corrected chi connectivity index (χ1v) is 5.92. The lowest BCUT2D eigenvalue weighted by molar-refractivity contribution is -0.120. The molecular formula is C11H23N3O. The van der Waals surface area contributed by atoms with Gasteiger partial charge in [0, 0.05) is 13.1 Å². The van der Waals surface area contributed by atoms with E-state index in [2.05, 4.69) is 17.1 Å². The Bertz CT molecular complexity index is 204. The number of rotatable bonds is 8. The number of nitrogens with zero attached hydrogens (tertiary/aromatic N) is 1. The molecule has 0 radical (unpaired) electrons. The second-order valence-corrected chi connectivity index (χ2v) is 4.31. The van der Waals surface area contributed by atoms with Crippen molar-refractivity contribution in [3.05, 3.63) is 0 Å². The number of nitrogens with one attached hydrogen (secondary N) is 1. The van der Waals surface area contributed by atoms with E-state index in [4.69, 9.17) is 5.73 Å². The summed E-state index contributed by atoms with van der Waals surface area (Å²) in [6.07, 6.45) is 2.69. The molecular weight excluding hydrogens is 190 g/mol. The summed E-state index contributed by atoms with van der Waals surface area (Å²) in [5.74, 6) is 0.617. The zero-order valence-electron chi connectivity index (χ0n) is 9.83. The lowest BCUT2D eigenvalue weighted by Crippen LogP contribution is -2.49. The van der Waals surface area contributed by atoms with Gasteiger partial charge in [0.25, 0.3) is 0 Å². The van der Waals surface area contributed by atoms with Gasteiger partial charge in [-0.2, -0.15) is 0 Å². The smallest absolute Gasteiger partial charge is 0.235 e. The second kappa shape index (κ2) is 6.08. The van der Waals surface area contributed by atoms with Crippen molar-refractivity contribution >= 4 is 5.91 Å². The summed E-state index contributed by atoms with van der Waals surface area (Å²) < 4.78 is 0. The van der Waals surface area contributed by atoms with Crippen LogP contribution in [0.1, 0.15) is 26.7 Å². The van der Waals surface area contributed by atoms with Crippen LogP contribution in [0.3, 0.4) is 0 Å². The molecule has 0 saturated heterocycles. The van der Waals surface area contributed by atoms with Crippen LogP contribution < -0.4 is 11.1 Å². The standard InChI is InChI=1S/C11H23N3O/c1-3-13-10(11(12)15)8-14(4-2)7-9-5-6-9/h9-10,13H,3-8H2,1-2H3,(H2,12,15). The predicted octanol–water partition coefficient (Wildman–Crippen LogP) is 0.182. The monoisotopic (exact) mass is 213 g/mol. The average Bonchev–Trinajstić information content (AvgIpc) is 2.99. The van der Waals surface area contributed by atoms with E-state index in [0.29, 0.717) is 0 Å². The van der Waals surface area contributed by atoms with Crippen LogP contribution in [-0.4, -0.2) is 43.0 Å². The molecule has 0 aromatic rings. The Morgan fingerprint density at radius 1 is 1.53 bits per heavy atom. The maximum Gasteiger partial charge on any atom is 0.235 e. The fourth-order valence-corrected chi connectivity index (χ4v) is 1.76. The van der Waals surface area contributed by atoms with E-state index >= 15 is 0 Å². The van der Waals surface area contributed by atoms with Gasteiger partial charge < -0.3 is 16.0 Å². The van der Waals surface area contributed by atoms with Crippen molar-refractivity contribution in [2.45, 2.75) is 32.7 Å². The van der Waals surface area contributed by atoms with Gasteiger partial charge in [-0.1, -0.05) is 13.8 Å². The number of carbonyl (C=O) groups is 1. The van der Waals surface area contributed by atoms with Crippen LogP contribution in [0.4, 0.5) is 0 Å². The van der Waals surface area contributed by atoms with Gasteiger partial charge in [0.15, 0.2) is 0 Å². The van der Waals surface area contributed by atoms with Crippen LogP contribution in [0, 0.1) is 5.92 Å². The van der Waals surface area contributed by atoms with Gasteiger partial charge in [0.1, 0.15) is 0 Å². The van der Waals surface area contributed by atoms with Crippen LogP contribution in [0.5, 0.6) is 0 Å². The summed E-state index contributed by atoms with van der Waals surface area (Å²) >= 11 is 0. The minimum absolute atomic E-state index is 0.200. The van der Waals surface area contributed by atoms with E-state index in [1.165, 1.54) is 12.8 Å². The summed E-state index contributed by atoms with van der Waals surface area (Å²) in [4.78, 5) is 13.5. The van der Waals surface area contributed by atoms with Crippen molar-refractivity contribution in [3.8, 4) is 0 Å². The van der Waals surface area contributed by atoms with Crippen LogP contribution in [-0.2, 0) is 4.79 Å². The minimum Gasteiger partial charge on any atom is -0.368 e. The fourth-order valence-electron chi connectivity index (χ4n) is 1.76. The zero-order valence-corrected chi connectivity index (χ0v) is 9.83. The molecule has 0 aromatic heterocycles. The SMILES string of the molecule is CCNC(CN(CC)CC1CC1)C(N)=O. The van der Waals surface area contributed by atoms with Crippen LogP contribution in [0.2, 0.25) is 0 Å². The molecule has 0 aromatic carbocycles. The molecule has 0 aliphatic heterocycles. The number of hydrogen-bond acceptors (Lipinski definition) is 3. The summed E-state index contributed by atoms with van der Waals surface area (Å²) in [5, 5.41) is 3.12. The Kier molecular flexibility index (Phi) is 5.05. The molecule has 1 saturated carbocycles. The van der Waals surface area contributed by atoms with Gasteiger partial charge in [-0.15, -0.1) is 0 Å². The molecule has 0 spiro atoms. The topological polar surface area (TPSA) is 58.4 Å². The molecule has 1 atom stereocenters. The molecule has 1 fully saturated rings. The molecule has 0 bridgehead atoms. The minimum atomic E-state index is -0.244. The van der Waals surface area contributed by atoms with Crippen molar-refractivity contribution in [1.29, 1.82) is 0 Å². The zero-order chi connectivity index (χ0) is 11.3. The lowest BCUT2D eigenvalue weighted by Gasteiger charge is -2.25. The number of hydrogen-bond donors (Lipinski definition) is 2. The summed E-state index contributed by atoms with van der Waals surface area (Å²) in [5.41, 5.74) is 5.34.